The molecule has 0 saturated heterocycles. The number of hydrogen-bond acceptors (Lipinski definition) is 4. The Kier molecular flexibility index (Phi) is 3.79. The van der Waals surface area contributed by atoms with Gasteiger partial charge in [-0.25, -0.2) is 4.79 Å². The summed E-state index contributed by atoms with van der Waals surface area (Å²) in [6.07, 6.45) is -0.649. The van der Waals surface area contributed by atoms with E-state index in [2.05, 4.69) is 9.47 Å². The van der Waals surface area contributed by atoms with Crippen LogP contribution in [0.4, 0.5) is 4.79 Å². The molecule has 0 bridgehead atoms. The third-order valence-electron chi connectivity index (χ3n) is 0.607. The number of hydrogen-bond donors (Lipinski definition) is 0. The zero-order chi connectivity index (χ0) is 7.28. The predicted octanol–water partition coefficient (Wildman–Crippen LogP) is 0.288. The second-order valence-electron chi connectivity index (χ2n) is 1.81. The van der Waals surface area contributed by atoms with Crippen LogP contribution in [-0.4, -0.2) is 39.0 Å². The smallest absolute Gasteiger partial charge is 0.438 e. The van der Waals surface area contributed by atoms with Gasteiger partial charge in [0.05, 0.1) is 7.11 Å². The molecule has 0 N–H and O–H groups in total. The van der Waals surface area contributed by atoms with E-state index in [4.69, 9.17) is 0 Å². The topological polar surface area (TPSA) is 38.8 Å². The Morgan fingerprint density at radius 1 is 1.56 bits per heavy atom. The average Bonchev–Trinajstić information content (AvgIpc) is 1.83. The Morgan fingerprint density at radius 2 is 2.11 bits per heavy atom. The van der Waals surface area contributed by atoms with Gasteiger partial charge in [-0.05, 0) is 14.1 Å². The van der Waals surface area contributed by atoms with Gasteiger partial charge in [0.15, 0.2) is 0 Å². The number of methoxy groups -OCH3 is 1. The fourth-order valence-corrected chi connectivity index (χ4v) is 0.241. The molecular formula is C5H11NO3. The minimum Gasteiger partial charge on any atom is -0.438 e. The number of rotatable bonds is 2. The fraction of sp³-hybridized carbons (Fsp3) is 0.800. The van der Waals surface area contributed by atoms with E-state index in [0.717, 1.165) is 0 Å². The second kappa shape index (κ2) is 4.14. The van der Waals surface area contributed by atoms with Crippen molar-refractivity contribution in [3.63, 3.8) is 0 Å². The molecule has 0 saturated carbocycles. The molecule has 54 valence electrons. The van der Waals surface area contributed by atoms with Crippen LogP contribution >= 0.6 is 0 Å². The van der Waals surface area contributed by atoms with Crippen LogP contribution in [-0.2, 0) is 9.47 Å². The molecule has 0 aliphatic carbocycles. The summed E-state index contributed by atoms with van der Waals surface area (Å²) in [7, 11) is 4.86. The van der Waals surface area contributed by atoms with E-state index in [1.54, 1.807) is 19.0 Å². The maximum Gasteiger partial charge on any atom is 0.509 e. The van der Waals surface area contributed by atoms with Gasteiger partial charge in [-0.2, -0.15) is 0 Å². The fourth-order valence-electron chi connectivity index (χ4n) is 0.241. The molecule has 4 heteroatoms. The van der Waals surface area contributed by atoms with Gasteiger partial charge in [-0.15, -0.1) is 0 Å². The highest BCUT2D eigenvalue weighted by molar-refractivity contribution is 5.59. The second-order valence-corrected chi connectivity index (χ2v) is 1.81. The summed E-state index contributed by atoms with van der Waals surface area (Å²) in [6.45, 7) is 0.257. The Labute approximate surface area is 54.3 Å². The van der Waals surface area contributed by atoms with Gasteiger partial charge in [0.25, 0.3) is 0 Å². The molecule has 4 nitrogen and oxygen atoms in total. The van der Waals surface area contributed by atoms with Crippen molar-refractivity contribution in [3.05, 3.63) is 0 Å². The van der Waals surface area contributed by atoms with Crippen LogP contribution in [0.3, 0.4) is 0 Å². The van der Waals surface area contributed by atoms with Crippen molar-refractivity contribution in [2.45, 2.75) is 0 Å². The van der Waals surface area contributed by atoms with Crippen LogP contribution < -0.4 is 0 Å². The van der Waals surface area contributed by atoms with Crippen molar-refractivity contribution in [2.24, 2.45) is 0 Å². The first-order valence-electron chi connectivity index (χ1n) is 2.52. The molecule has 0 fully saturated rings. The van der Waals surface area contributed by atoms with E-state index in [0.29, 0.717) is 0 Å². The lowest BCUT2D eigenvalue weighted by Crippen LogP contribution is -2.19. The van der Waals surface area contributed by atoms with Gasteiger partial charge in [-0.1, -0.05) is 0 Å². The quantitative estimate of drug-likeness (QED) is 0.401. The lowest BCUT2D eigenvalue weighted by Gasteiger charge is -2.08. The molecule has 0 spiro atoms. The van der Waals surface area contributed by atoms with Gasteiger partial charge in [0, 0.05) is 0 Å². The summed E-state index contributed by atoms with van der Waals surface area (Å²) in [5, 5.41) is 0. The van der Waals surface area contributed by atoms with Crippen molar-refractivity contribution < 1.29 is 14.3 Å². The van der Waals surface area contributed by atoms with Crippen LogP contribution in [0.25, 0.3) is 0 Å². The molecule has 0 heterocycles. The van der Waals surface area contributed by atoms with Crippen LogP contribution in [0.15, 0.2) is 0 Å². The van der Waals surface area contributed by atoms with Crippen molar-refractivity contribution in [3.8, 4) is 0 Å². The number of ether oxygens (including phenoxy) is 2. The molecule has 0 rings (SSSR count). The van der Waals surface area contributed by atoms with Gasteiger partial charge in [0.2, 0.25) is 0 Å². The summed E-state index contributed by atoms with van der Waals surface area (Å²) in [6, 6.07) is 0. The Morgan fingerprint density at radius 3 is 2.44 bits per heavy atom. The van der Waals surface area contributed by atoms with E-state index in [1.165, 1.54) is 7.11 Å². The first-order chi connectivity index (χ1) is 4.16. The van der Waals surface area contributed by atoms with Gasteiger partial charge in [0.1, 0.15) is 6.73 Å². The number of carbonyl (C=O) groups is 1. The molecule has 0 aliphatic heterocycles. The van der Waals surface area contributed by atoms with E-state index >= 15 is 0 Å². The van der Waals surface area contributed by atoms with Crippen LogP contribution in [0.1, 0.15) is 0 Å². The van der Waals surface area contributed by atoms with Crippen molar-refractivity contribution in [1.29, 1.82) is 0 Å². The van der Waals surface area contributed by atoms with E-state index < -0.39 is 6.16 Å². The molecule has 0 radical (unpaired) electrons. The van der Waals surface area contributed by atoms with E-state index in [1.807, 2.05) is 0 Å². The lowest BCUT2D eigenvalue weighted by molar-refractivity contribution is 0.0394. The van der Waals surface area contributed by atoms with Crippen LogP contribution in [0, 0.1) is 0 Å². The highest BCUT2D eigenvalue weighted by Gasteiger charge is 1.98. The largest absolute Gasteiger partial charge is 0.509 e. The zero-order valence-electron chi connectivity index (χ0n) is 5.88. The summed E-state index contributed by atoms with van der Waals surface area (Å²) >= 11 is 0. The van der Waals surface area contributed by atoms with Crippen molar-refractivity contribution in [1.82, 2.24) is 4.90 Å². The summed E-state index contributed by atoms with van der Waals surface area (Å²) < 4.78 is 8.73. The van der Waals surface area contributed by atoms with Crippen LogP contribution in [0.2, 0.25) is 0 Å². The summed E-state index contributed by atoms with van der Waals surface area (Å²) in [5.74, 6) is 0. The molecule has 0 amide bonds. The predicted molar refractivity (Wildman–Crippen MR) is 32.0 cm³/mol. The molecule has 0 aromatic heterocycles. The molecule has 0 aromatic rings. The summed E-state index contributed by atoms with van der Waals surface area (Å²) in [4.78, 5) is 12.0. The Bertz CT molecular complexity index is 92.2. The van der Waals surface area contributed by atoms with Gasteiger partial charge in [-0.3, -0.25) is 4.90 Å². The highest BCUT2D eigenvalue weighted by atomic mass is 16.7. The maximum atomic E-state index is 10.2. The van der Waals surface area contributed by atoms with Gasteiger partial charge < -0.3 is 9.47 Å². The summed E-state index contributed by atoms with van der Waals surface area (Å²) in [5.41, 5.74) is 0. The maximum absolute atomic E-state index is 10.2. The number of carbonyl (C=O) groups excluding carboxylic acids is 1. The molecule has 0 aromatic carbocycles. The molecule has 0 aliphatic rings. The third kappa shape index (κ3) is 5.10. The van der Waals surface area contributed by atoms with E-state index in [9.17, 15) is 4.79 Å². The van der Waals surface area contributed by atoms with E-state index in [-0.39, 0.29) is 6.73 Å². The molecule has 0 atom stereocenters. The van der Waals surface area contributed by atoms with Gasteiger partial charge >= 0.3 is 6.16 Å². The minimum atomic E-state index is -0.649. The highest BCUT2D eigenvalue weighted by Crippen LogP contribution is 1.82. The average molecular weight is 133 g/mol. The third-order valence-corrected chi connectivity index (χ3v) is 0.607. The first kappa shape index (κ1) is 8.23. The lowest BCUT2D eigenvalue weighted by atomic mass is 10.9. The SMILES string of the molecule is COC(=O)OCN(C)C. The van der Waals surface area contributed by atoms with Crippen molar-refractivity contribution >= 4 is 6.16 Å². The minimum absolute atomic E-state index is 0.257. The number of nitrogens with zero attached hydrogens (tertiary/aromatic N) is 1. The van der Waals surface area contributed by atoms with Crippen LogP contribution in [0.5, 0.6) is 0 Å². The normalized spacial score (nSPS) is 9.33. The first-order valence-corrected chi connectivity index (χ1v) is 2.52. The van der Waals surface area contributed by atoms with Crippen molar-refractivity contribution in [2.75, 3.05) is 27.9 Å². The monoisotopic (exact) mass is 133 g/mol. The molecular weight excluding hydrogens is 122 g/mol. The Balaban J connectivity index is 3.17. The molecule has 9 heavy (non-hydrogen) atoms. The Hall–Kier alpha value is -0.770. The standard InChI is InChI=1S/C5H11NO3/c1-6(2)4-9-5(7)8-3/h4H2,1-3H3. The molecule has 0 unspecified atom stereocenters. The zero-order valence-corrected chi connectivity index (χ0v) is 5.88.